The van der Waals surface area contributed by atoms with Crippen LogP contribution in [-0.2, 0) is 16.6 Å². The van der Waals surface area contributed by atoms with Crippen LogP contribution in [-0.4, -0.2) is 85.5 Å². The number of primary amides is 1. The van der Waals surface area contributed by atoms with Crippen molar-refractivity contribution in [1.82, 2.24) is 19.1 Å². The molecular formula is C27H37N5O3S2. The zero-order chi connectivity index (χ0) is 26.3. The average molecular weight is 544 g/mol. The number of hydrogen-bond acceptors (Lipinski definition) is 6. The van der Waals surface area contributed by atoms with Crippen LogP contribution in [0.5, 0.6) is 0 Å². The molecule has 0 bridgehead atoms. The Hall–Kier alpha value is -2.24. The highest BCUT2D eigenvalue weighted by molar-refractivity contribution is 7.89. The third kappa shape index (κ3) is 5.35. The third-order valence-electron chi connectivity index (χ3n) is 8.08. The standard InChI is InChI=1S/C27H37N5O3S2/c1-4-37(34,35)32-9-5-18(6-10-32)25-14-29-26-23(25)12-19(13-24(26)27(28)33)20-11-22(36-17-20)16-31-8-7-21(15-31)30(2)3/h11-14,17-18,21,29H,4-10,15-16H2,1-3H3,(H2,28,33)/t21-/m0/s1. The van der Waals surface area contributed by atoms with E-state index in [1.54, 1.807) is 22.6 Å². The second-order valence-corrected chi connectivity index (χ2v) is 13.8. The van der Waals surface area contributed by atoms with Crippen molar-refractivity contribution in [2.75, 3.05) is 46.0 Å². The number of nitrogens with two attached hydrogens (primary N) is 1. The summed E-state index contributed by atoms with van der Waals surface area (Å²) >= 11 is 1.76. The first kappa shape index (κ1) is 26.4. The molecule has 0 saturated carbocycles. The fraction of sp³-hybridized carbons (Fsp3) is 0.519. The number of rotatable bonds is 8. The Morgan fingerprint density at radius 3 is 2.54 bits per heavy atom. The predicted octanol–water partition coefficient (Wildman–Crippen LogP) is 3.66. The maximum atomic E-state index is 12.4. The molecule has 0 aliphatic carbocycles. The van der Waals surface area contributed by atoms with Crippen LogP contribution in [0.4, 0.5) is 0 Å². The van der Waals surface area contributed by atoms with E-state index in [-0.39, 0.29) is 11.7 Å². The summed E-state index contributed by atoms with van der Waals surface area (Å²) in [7, 11) is 1.13. The van der Waals surface area contributed by atoms with Gasteiger partial charge in [-0.15, -0.1) is 11.3 Å². The lowest BCUT2D eigenvalue weighted by molar-refractivity contribution is 0.100. The molecule has 2 fully saturated rings. The van der Waals surface area contributed by atoms with Gasteiger partial charge in [0.1, 0.15) is 0 Å². The number of amides is 1. The normalized spacial score (nSPS) is 20.4. The lowest BCUT2D eigenvalue weighted by atomic mass is 9.88. The number of carbonyl (C=O) groups is 1. The van der Waals surface area contributed by atoms with E-state index in [1.165, 1.54) is 11.3 Å². The molecule has 2 saturated heterocycles. The molecule has 2 aromatic heterocycles. The number of carbonyl (C=O) groups excluding carboxylic acids is 1. The third-order valence-corrected chi connectivity index (χ3v) is 10.9. The van der Waals surface area contributed by atoms with Crippen LogP contribution in [0.2, 0.25) is 0 Å². The number of aromatic nitrogens is 1. The second kappa shape index (κ2) is 10.5. The van der Waals surface area contributed by atoms with E-state index in [0.717, 1.165) is 60.1 Å². The number of thiophene rings is 1. The molecule has 3 N–H and O–H groups in total. The molecule has 200 valence electrons. The Kier molecular flexibility index (Phi) is 7.48. The number of fused-ring (bicyclic) bond motifs is 1. The van der Waals surface area contributed by atoms with Crippen molar-refractivity contribution in [2.45, 2.75) is 44.7 Å². The van der Waals surface area contributed by atoms with E-state index in [2.05, 4.69) is 46.4 Å². The first-order valence-corrected chi connectivity index (χ1v) is 15.5. The Morgan fingerprint density at radius 1 is 1.14 bits per heavy atom. The number of hydrogen-bond donors (Lipinski definition) is 2. The minimum atomic E-state index is -3.17. The Bertz CT molecular complexity index is 1390. The van der Waals surface area contributed by atoms with Gasteiger partial charge in [-0.1, -0.05) is 0 Å². The van der Waals surface area contributed by atoms with Gasteiger partial charge in [0.15, 0.2) is 0 Å². The van der Waals surface area contributed by atoms with Gasteiger partial charge >= 0.3 is 0 Å². The molecule has 1 aromatic carbocycles. The van der Waals surface area contributed by atoms with Crippen LogP contribution in [0, 0.1) is 0 Å². The molecule has 5 rings (SSSR count). The zero-order valence-corrected chi connectivity index (χ0v) is 23.5. The number of aromatic amines is 1. The van der Waals surface area contributed by atoms with E-state index in [9.17, 15) is 13.2 Å². The Labute approximate surface area is 223 Å². The van der Waals surface area contributed by atoms with Gasteiger partial charge in [-0.05, 0) is 86.5 Å². The van der Waals surface area contributed by atoms with Crippen LogP contribution >= 0.6 is 11.3 Å². The summed E-state index contributed by atoms with van der Waals surface area (Å²) in [5.74, 6) is -0.0931. The van der Waals surface area contributed by atoms with Crippen molar-refractivity contribution in [1.29, 1.82) is 0 Å². The molecule has 2 aliphatic rings. The van der Waals surface area contributed by atoms with E-state index in [4.69, 9.17) is 5.73 Å². The number of likely N-dealkylation sites (tertiary alicyclic amines) is 1. The zero-order valence-electron chi connectivity index (χ0n) is 21.9. The number of nitrogens with one attached hydrogen (secondary N) is 1. The fourth-order valence-corrected chi connectivity index (χ4v) is 7.86. The lowest BCUT2D eigenvalue weighted by Crippen LogP contribution is -2.38. The van der Waals surface area contributed by atoms with Crippen molar-refractivity contribution < 1.29 is 13.2 Å². The first-order chi connectivity index (χ1) is 17.7. The molecule has 8 nitrogen and oxygen atoms in total. The minimum absolute atomic E-state index is 0.132. The first-order valence-electron chi connectivity index (χ1n) is 13.1. The van der Waals surface area contributed by atoms with Gasteiger partial charge in [-0.2, -0.15) is 0 Å². The highest BCUT2D eigenvalue weighted by Gasteiger charge is 2.29. The number of sulfonamides is 1. The molecular weight excluding hydrogens is 506 g/mol. The van der Waals surface area contributed by atoms with Crippen LogP contribution in [0.15, 0.2) is 29.8 Å². The molecule has 4 heterocycles. The molecule has 0 radical (unpaired) electrons. The van der Waals surface area contributed by atoms with Gasteiger partial charge in [-0.3, -0.25) is 9.69 Å². The summed E-state index contributed by atoms with van der Waals surface area (Å²) in [6.07, 6.45) is 4.69. The smallest absolute Gasteiger partial charge is 0.250 e. The topological polar surface area (TPSA) is 103 Å². The van der Waals surface area contributed by atoms with E-state index in [1.807, 2.05) is 12.3 Å². The number of benzene rings is 1. The summed E-state index contributed by atoms with van der Waals surface area (Å²) in [5.41, 5.74) is 10.3. The van der Waals surface area contributed by atoms with E-state index < -0.39 is 15.9 Å². The van der Waals surface area contributed by atoms with Gasteiger partial charge < -0.3 is 15.6 Å². The molecule has 0 spiro atoms. The van der Waals surface area contributed by atoms with E-state index in [0.29, 0.717) is 24.7 Å². The summed E-state index contributed by atoms with van der Waals surface area (Å²) in [5, 5.41) is 3.17. The largest absolute Gasteiger partial charge is 0.366 e. The second-order valence-electron chi connectivity index (χ2n) is 10.6. The van der Waals surface area contributed by atoms with Gasteiger partial charge in [0.2, 0.25) is 10.0 Å². The molecule has 1 amide bonds. The van der Waals surface area contributed by atoms with E-state index >= 15 is 0 Å². The minimum Gasteiger partial charge on any atom is -0.366 e. The molecule has 10 heteroatoms. The monoisotopic (exact) mass is 543 g/mol. The van der Waals surface area contributed by atoms with Crippen molar-refractivity contribution in [3.63, 3.8) is 0 Å². The number of piperidine rings is 1. The maximum absolute atomic E-state index is 12.4. The van der Waals surface area contributed by atoms with Crippen LogP contribution in [0.25, 0.3) is 22.0 Å². The fourth-order valence-electron chi connectivity index (χ4n) is 5.79. The van der Waals surface area contributed by atoms with Crippen molar-refractivity contribution in [2.24, 2.45) is 5.73 Å². The molecule has 0 unspecified atom stereocenters. The Morgan fingerprint density at radius 2 is 1.89 bits per heavy atom. The molecule has 1 atom stereocenters. The quantitative estimate of drug-likeness (QED) is 0.451. The van der Waals surface area contributed by atoms with Crippen LogP contribution < -0.4 is 5.73 Å². The maximum Gasteiger partial charge on any atom is 0.250 e. The highest BCUT2D eigenvalue weighted by Crippen LogP contribution is 2.38. The van der Waals surface area contributed by atoms with Gasteiger partial charge in [0, 0.05) is 55.2 Å². The van der Waals surface area contributed by atoms with Gasteiger partial charge in [0.25, 0.3) is 5.91 Å². The summed E-state index contributed by atoms with van der Waals surface area (Å²) in [6.45, 7) is 5.87. The molecule has 3 aromatic rings. The number of H-pyrrole nitrogens is 1. The highest BCUT2D eigenvalue weighted by atomic mass is 32.2. The summed E-state index contributed by atoms with van der Waals surface area (Å²) < 4.78 is 26.2. The van der Waals surface area contributed by atoms with Crippen molar-refractivity contribution >= 4 is 38.2 Å². The van der Waals surface area contributed by atoms with Crippen molar-refractivity contribution in [3.05, 3.63) is 45.8 Å². The molecule has 2 aliphatic heterocycles. The SMILES string of the molecule is CCS(=O)(=O)N1CCC(c2c[nH]c3c(C(N)=O)cc(-c4csc(CN5CC[C@H](N(C)C)C5)c4)cc23)CC1. The number of nitrogens with zero attached hydrogens (tertiary/aromatic N) is 3. The van der Waals surface area contributed by atoms with Crippen LogP contribution in [0.1, 0.15) is 52.9 Å². The lowest BCUT2D eigenvalue weighted by Gasteiger charge is -2.31. The predicted molar refractivity (Wildman–Crippen MR) is 151 cm³/mol. The molecule has 37 heavy (non-hydrogen) atoms. The van der Waals surface area contributed by atoms with Gasteiger partial charge in [-0.25, -0.2) is 12.7 Å². The number of likely N-dealkylation sites (N-methyl/N-ethyl adjacent to an activating group) is 1. The summed E-state index contributed by atoms with van der Waals surface area (Å²) in [4.78, 5) is 21.8. The van der Waals surface area contributed by atoms with Crippen molar-refractivity contribution in [3.8, 4) is 11.1 Å². The van der Waals surface area contributed by atoms with Gasteiger partial charge in [0.05, 0.1) is 16.8 Å². The Balaban J connectivity index is 1.40. The average Bonchev–Trinajstić information content (AvgIpc) is 3.63. The van der Waals surface area contributed by atoms with Crippen LogP contribution in [0.3, 0.4) is 0 Å². The summed E-state index contributed by atoms with van der Waals surface area (Å²) in [6, 6.07) is 6.90.